The van der Waals surface area contributed by atoms with Gasteiger partial charge in [0.2, 0.25) is 0 Å². The summed E-state index contributed by atoms with van der Waals surface area (Å²) in [4.78, 5) is 16.5. The summed E-state index contributed by atoms with van der Waals surface area (Å²) in [5.74, 6) is -0.355. The van der Waals surface area contributed by atoms with Gasteiger partial charge in [0.1, 0.15) is 5.75 Å². The van der Waals surface area contributed by atoms with Crippen LogP contribution < -0.4 is 5.43 Å². The van der Waals surface area contributed by atoms with E-state index in [9.17, 15) is 23.1 Å². The number of aromatic hydroxyl groups is 1. The largest absolute Gasteiger partial charge is 0.506 e. The van der Waals surface area contributed by atoms with Crippen LogP contribution in [-0.4, -0.2) is 31.9 Å². The number of hydrogen-bond acceptors (Lipinski definition) is 6. The van der Waals surface area contributed by atoms with Crippen LogP contribution >= 0.6 is 11.6 Å². The number of amides is 1. The molecule has 0 saturated heterocycles. The second-order valence-electron chi connectivity index (χ2n) is 8.18. The van der Waals surface area contributed by atoms with E-state index in [0.29, 0.717) is 0 Å². The van der Waals surface area contributed by atoms with E-state index >= 15 is 0 Å². The molecule has 8 nitrogen and oxygen atoms in total. The Morgan fingerprint density at radius 1 is 1.13 bits per heavy atom. The van der Waals surface area contributed by atoms with Gasteiger partial charge in [0, 0.05) is 33.8 Å². The second-order valence-corrected chi connectivity index (χ2v) is 8.59. The summed E-state index contributed by atoms with van der Waals surface area (Å²) in [5.41, 5.74) is 3.56. The number of hydrazone groups is 1. The smallest absolute Gasteiger partial charge is 0.416 e. The van der Waals surface area contributed by atoms with Crippen LogP contribution in [0, 0.1) is 0 Å². The van der Waals surface area contributed by atoms with Crippen molar-refractivity contribution in [1.82, 2.24) is 20.1 Å². The van der Waals surface area contributed by atoms with Gasteiger partial charge in [-0.15, -0.1) is 0 Å². The van der Waals surface area contributed by atoms with Gasteiger partial charge in [-0.3, -0.25) is 4.79 Å². The predicted octanol–water partition coefficient (Wildman–Crippen LogP) is 5.88. The summed E-state index contributed by atoms with van der Waals surface area (Å²) in [5, 5.41) is 18.3. The predicted molar refractivity (Wildman–Crippen MR) is 134 cm³/mol. The van der Waals surface area contributed by atoms with Crippen LogP contribution in [0.1, 0.15) is 27.3 Å². The number of alkyl halides is 3. The van der Waals surface area contributed by atoms with Crippen molar-refractivity contribution in [2.45, 2.75) is 12.7 Å². The summed E-state index contributed by atoms with van der Waals surface area (Å²) >= 11 is 5.84. The number of rotatable bonds is 6. The maximum absolute atomic E-state index is 13.0. The highest BCUT2D eigenvalue weighted by Gasteiger charge is 2.31. The van der Waals surface area contributed by atoms with E-state index in [1.54, 1.807) is 6.20 Å². The monoisotopic (exact) mass is 539 g/mol. The Bertz CT molecular complexity index is 1680. The highest BCUT2D eigenvalue weighted by atomic mass is 35.5. The number of halogens is 4. The minimum absolute atomic E-state index is 0.0129. The number of phenolic OH excluding ortho intramolecular Hbond substituents is 1. The van der Waals surface area contributed by atoms with Gasteiger partial charge in [-0.05, 0) is 48.5 Å². The summed E-state index contributed by atoms with van der Waals surface area (Å²) in [6, 6.07) is 16.1. The molecule has 2 aromatic heterocycles. The molecule has 0 aliphatic rings. The molecule has 0 unspecified atom stereocenters. The van der Waals surface area contributed by atoms with Gasteiger partial charge < -0.3 is 14.2 Å². The number of nitrogens with one attached hydrogen (secondary N) is 1. The molecular weight excluding hydrogens is 523 g/mol. The third kappa shape index (κ3) is 5.23. The number of carbonyl (C=O) groups is 1. The molecule has 0 radical (unpaired) electrons. The summed E-state index contributed by atoms with van der Waals surface area (Å²) < 4.78 is 46.1. The molecule has 0 atom stereocenters. The van der Waals surface area contributed by atoms with Crippen LogP contribution in [0.4, 0.5) is 13.2 Å². The first-order valence-corrected chi connectivity index (χ1v) is 11.5. The van der Waals surface area contributed by atoms with Gasteiger partial charge in [0.05, 0.1) is 23.3 Å². The number of hydrogen-bond donors (Lipinski definition) is 2. The highest BCUT2D eigenvalue weighted by Crippen LogP contribution is 2.32. The molecule has 3 aromatic carbocycles. The van der Waals surface area contributed by atoms with Crippen molar-refractivity contribution in [3.8, 4) is 17.2 Å². The third-order valence-corrected chi connectivity index (χ3v) is 5.95. The van der Waals surface area contributed by atoms with E-state index in [0.717, 1.165) is 28.6 Å². The topological polar surface area (TPSA) is 106 Å². The zero-order valence-corrected chi connectivity index (χ0v) is 20.0. The molecule has 38 heavy (non-hydrogen) atoms. The van der Waals surface area contributed by atoms with Crippen LogP contribution in [0.15, 0.2) is 82.6 Å². The molecule has 0 fully saturated rings. The number of nitrogens with zero attached hydrogens (tertiary/aromatic N) is 4. The summed E-state index contributed by atoms with van der Waals surface area (Å²) in [6.45, 7) is 0.213. The Hall–Kier alpha value is -4.64. The lowest BCUT2D eigenvalue weighted by Gasteiger charge is -2.06. The van der Waals surface area contributed by atoms with Gasteiger partial charge in [-0.2, -0.15) is 23.3 Å². The van der Waals surface area contributed by atoms with Gasteiger partial charge >= 0.3 is 6.18 Å². The van der Waals surface area contributed by atoms with E-state index in [1.165, 1.54) is 36.5 Å². The Kier molecular flexibility index (Phi) is 6.60. The fourth-order valence-corrected chi connectivity index (χ4v) is 3.97. The molecule has 1 amide bonds. The van der Waals surface area contributed by atoms with Crippen molar-refractivity contribution in [3.63, 3.8) is 0 Å². The maximum Gasteiger partial charge on any atom is 0.416 e. The van der Waals surface area contributed by atoms with Crippen molar-refractivity contribution in [2.24, 2.45) is 5.10 Å². The standard InChI is InChI=1S/C26H17ClF3N5O3/c27-20-12-15(7-8-22(20)36)24(37)33-31-13-17-4-2-6-21-19(17)9-10-35(21)14-23-32-25(38-34-23)16-3-1-5-18(11-16)26(28,29)30/h1-13,36H,14H2,(H,33,37). The van der Waals surface area contributed by atoms with Crippen LogP contribution in [-0.2, 0) is 12.7 Å². The average Bonchev–Trinajstić information content (AvgIpc) is 3.53. The van der Waals surface area contributed by atoms with Crippen LogP contribution in [0.2, 0.25) is 5.02 Å². The highest BCUT2D eigenvalue weighted by molar-refractivity contribution is 6.32. The van der Waals surface area contributed by atoms with Gasteiger partial charge in [-0.1, -0.05) is 35.0 Å². The Morgan fingerprint density at radius 3 is 2.74 bits per heavy atom. The normalized spacial score (nSPS) is 11.9. The second kappa shape index (κ2) is 10.0. The first kappa shape index (κ1) is 25.0. The molecule has 12 heteroatoms. The molecule has 192 valence electrons. The zero-order chi connectivity index (χ0) is 26.9. The quantitative estimate of drug-likeness (QED) is 0.207. The number of phenols is 1. The van der Waals surface area contributed by atoms with Crippen LogP contribution in [0.3, 0.4) is 0 Å². The Balaban J connectivity index is 1.32. The van der Waals surface area contributed by atoms with E-state index in [2.05, 4.69) is 20.7 Å². The van der Waals surface area contributed by atoms with Crippen molar-refractivity contribution in [1.29, 1.82) is 0 Å². The SMILES string of the molecule is O=C(NN=Cc1cccc2c1ccn2Cc1noc(-c2cccc(C(F)(F)F)c2)n1)c1ccc(O)c(Cl)c1. The first-order valence-electron chi connectivity index (χ1n) is 11.1. The van der Waals surface area contributed by atoms with E-state index in [1.807, 2.05) is 28.8 Å². The molecule has 2 heterocycles. The lowest BCUT2D eigenvalue weighted by atomic mass is 10.1. The molecule has 2 N–H and O–H groups in total. The molecule has 0 aliphatic heterocycles. The molecule has 0 aliphatic carbocycles. The molecule has 0 bridgehead atoms. The Morgan fingerprint density at radius 2 is 1.95 bits per heavy atom. The number of benzene rings is 3. The number of fused-ring (bicyclic) bond motifs is 1. The lowest BCUT2D eigenvalue weighted by Crippen LogP contribution is -2.17. The molecule has 5 rings (SSSR count). The van der Waals surface area contributed by atoms with Gasteiger partial charge in [0.15, 0.2) is 5.82 Å². The van der Waals surface area contributed by atoms with Gasteiger partial charge in [-0.25, -0.2) is 5.43 Å². The summed E-state index contributed by atoms with van der Waals surface area (Å²) in [6.07, 6.45) is -1.18. The zero-order valence-electron chi connectivity index (χ0n) is 19.3. The average molecular weight is 540 g/mol. The van der Waals surface area contributed by atoms with Crippen LogP contribution in [0.5, 0.6) is 5.75 Å². The lowest BCUT2D eigenvalue weighted by molar-refractivity contribution is -0.137. The maximum atomic E-state index is 13.0. The number of aromatic nitrogens is 3. The van der Waals surface area contributed by atoms with Gasteiger partial charge in [0.25, 0.3) is 11.8 Å². The number of carbonyl (C=O) groups excluding carboxylic acids is 1. The Labute approximate surface area is 218 Å². The molecule has 5 aromatic rings. The minimum atomic E-state index is -4.48. The first-order chi connectivity index (χ1) is 18.2. The molecule has 0 saturated carbocycles. The molecular formula is C26H17ClF3N5O3. The molecule has 0 spiro atoms. The minimum Gasteiger partial charge on any atom is -0.506 e. The van der Waals surface area contributed by atoms with Crippen molar-refractivity contribution in [2.75, 3.05) is 0 Å². The van der Waals surface area contributed by atoms with E-state index in [4.69, 9.17) is 16.1 Å². The van der Waals surface area contributed by atoms with E-state index < -0.39 is 17.6 Å². The van der Waals surface area contributed by atoms with Crippen molar-refractivity contribution >= 4 is 34.6 Å². The van der Waals surface area contributed by atoms with Crippen molar-refractivity contribution < 1.29 is 27.6 Å². The fourth-order valence-electron chi connectivity index (χ4n) is 3.79. The third-order valence-electron chi connectivity index (χ3n) is 5.64. The van der Waals surface area contributed by atoms with Crippen LogP contribution in [0.25, 0.3) is 22.4 Å². The van der Waals surface area contributed by atoms with Crippen molar-refractivity contribution in [3.05, 3.63) is 100 Å². The van der Waals surface area contributed by atoms with E-state index in [-0.39, 0.29) is 40.2 Å². The summed E-state index contributed by atoms with van der Waals surface area (Å²) in [7, 11) is 0. The fraction of sp³-hybridized carbons (Fsp3) is 0.0769.